The number of amides is 3. The lowest BCUT2D eigenvalue weighted by Gasteiger charge is -2.28. The molecule has 156 valence electrons. The second-order valence-electron chi connectivity index (χ2n) is 7.65. The van der Waals surface area contributed by atoms with E-state index in [1.807, 2.05) is 19.1 Å². The highest BCUT2D eigenvalue weighted by Gasteiger charge is 2.45. The summed E-state index contributed by atoms with van der Waals surface area (Å²) < 4.78 is 5.34. The van der Waals surface area contributed by atoms with E-state index in [2.05, 4.69) is 5.32 Å². The Morgan fingerprint density at radius 3 is 1.93 bits per heavy atom. The monoisotopic (exact) mass is 408 g/mol. The molecule has 1 N–H and O–H groups in total. The van der Waals surface area contributed by atoms with Crippen LogP contribution >= 0.6 is 0 Å². The summed E-state index contributed by atoms with van der Waals surface area (Å²) in [4.78, 5) is 51.8. The summed E-state index contributed by atoms with van der Waals surface area (Å²) in [5, 5.41) is 2.68. The first-order valence-corrected chi connectivity index (χ1v) is 9.75. The van der Waals surface area contributed by atoms with Gasteiger partial charge in [-0.05, 0) is 44.0 Å². The topological polar surface area (TPSA) is 92.8 Å². The van der Waals surface area contributed by atoms with Gasteiger partial charge in [0.2, 0.25) is 0 Å². The van der Waals surface area contributed by atoms with Crippen LogP contribution in [0.4, 0.5) is 5.69 Å². The summed E-state index contributed by atoms with van der Waals surface area (Å²) in [5.41, 5.74) is 2.14. The number of rotatable bonds is 6. The van der Waals surface area contributed by atoms with Crippen molar-refractivity contribution in [3.05, 3.63) is 65.2 Å². The van der Waals surface area contributed by atoms with Crippen molar-refractivity contribution in [1.29, 1.82) is 0 Å². The zero-order valence-corrected chi connectivity index (χ0v) is 17.3. The van der Waals surface area contributed by atoms with E-state index < -0.39 is 41.8 Å². The van der Waals surface area contributed by atoms with Gasteiger partial charge in [0.1, 0.15) is 6.04 Å². The van der Waals surface area contributed by atoms with E-state index in [9.17, 15) is 19.2 Å². The molecule has 0 radical (unpaired) electrons. The minimum atomic E-state index is -1.13. The highest BCUT2D eigenvalue weighted by Crippen LogP contribution is 2.28. The number of nitrogens with one attached hydrogen (secondary N) is 1. The number of ether oxygens (including phenoxy) is 1. The third kappa shape index (κ3) is 4.10. The number of benzene rings is 2. The van der Waals surface area contributed by atoms with Crippen LogP contribution in [0, 0.1) is 12.8 Å². The first kappa shape index (κ1) is 21.2. The standard InChI is InChI=1S/C23H24N2O5/c1-13(2)19(25-21(27)17-7-5-6-8-18(17)22(25)28)23(29)30-15(4)20(26)24-16-11-9-14(3)10-12-16/h5-13,15,19H,1-4H3,(H,24,26)/t15-,19-/m1/s1. The summed E-state index contributed by atoms with van der Waals surface area (Å²) in [6, 6.07) is 12.5. The maximum atomic E-state index is 12.9. The van der Waals surface area contributed by atoms with E-state index in [1.165, 1.54) is 6.92 Å². The van der Waals surface area contributed by atoms with Crippen LogP contribution in [0.25, 0.3) is 0 Å². The molecule has 7 nitrogen and oxygen atoms in total. The molecule has 30 heavy (non-hydrogen) atoms. The molecule has 1 aliphatic heterocycles. The van der Waals surface area contributed by atoms with Gasteiger partial charge in [-0.3, -0.25) is 19.3 Å². The molecule has 3 rings (SSSR count). The summed E-state index contributed by atoms with van der Waals surface area (Å²) in [5.74, 6) is -2.78. The van der Waals surface area contributed by atoms with Crippen LogP contribution in [-0.2, 0) is 14.3 Å². The molecule has 1 aliphatic rings. The van der Waals surface area contributed by atoms with Crippen molar-refractivity contribution in [2.75, 3.05) is 5.32 Å². The van der Waals surface area contributed by atoms with Crippen molar-refractivity contribution in [3.63, 3.8) is 0 Å². The average molecular weight is 408 g/mol. The highest BCUT2D eigenvalue weighted by molar-refractivity contribution is 6.22. The predicted molar refractivity (Wildman–Crippen MR) is 111 cm³/mol. The van der Waals surface area contributed by atoms with Gasteiger partial charge in [0.05, 0.1) is 11.1 Å². The molecule has 0 spiro atoms. The number of aryl methyl sites for hydroxylation is 1. The number of nitrogens with zero attached hydrogens (tertiary/aromatic N) is 1. The minimum absolute atomic E-state index is 0.256. The average Bonchev–Trinajstić information content (AvgIpc) is 2.95. The first-order chi connectivity index (χ1) is 14.2. The van der Waals surface area contributed by atoms with Gasteiger partial charge in [-0.25, -0.2) is 4.79 Å². The number of esters is 1. The predicted octanol–water partition coefficient (Wildman–Crippen LogP) is 3.19. The van der Waals surface area contributed by atoms with E-state index in [-0.39, 0.29) is 11.1 Å². The number of anilines is 1. The molecule has 2 atom stereocenters. The number of hydrogen-bond acceptors (Lipinski definition) is 5. The summed E-state index contributed by atoms with van der Waals surface area (Å²) in [6.45, 7) is 6.81. The van der Waals surface area contributed by atoms with Gasteiger partial charge in [0.15, 0.2) is 6.10 Å². The van der Waals surface area contributed by atoms with Crippen molar-refractivity contribution in [1.82, 2.24) is 4.90 Å². The van der Waals surface area contributed by atoms with Crippen LogP contribution in [0.3, 0.4) is 0 Å². The largest absolute Gasteiger partial charge is 0.451 e. The van der Waals surface area contributed by atoms with Crippen LogP contribution in [0.2, 0.25) is 0 Å². The Hall–Kier alpha value is -3.48. The van der Waals surface area contributed by atoms with Gasteiger partial charge < -0.3 is 10.1 Å². The van der Waals surface area contributed by atoms with Crippen LogP contribution in [0.5, 0.6) is 0 Å². The van der Waals surface area contributed by atoms with Crippen LogP contribution in [-0.4, -0.2) is 40.7 Å². The lowest BCUT2D eigenvalue weighted by Crippen LogP contribution is -2.50. The molecule has 0 aliphatic carbocycles. The molecule has 1 heterocycles. The number of carbonyl (C=O) groups excluding carboxylic acids is 4. The smallest absolute Gasteiger partial charge is 0.330 e. The van der Waals surface area contributed by atoms with Gasteiger partial charge in [-0.2, -0.15) is 0 Å². The Bertz CT molecular complexity index is 962. The Kier molecular flexibility index (Phi) is 6.01. The molecule has 0 saturated heterocycles. The maximum absolute atomic E-state index is 12.9. The molecule has 0 saturated carbocycles. The van der Waals surface area contributed by atoms with Crippen molar-refractivity contribution in [2.45, 2.75) is 39.8 Å². The first-order valence-electron chi connectivity index (χ1n) is 9.75. The molecule has 0 unspecified atom stereocenters. The summed E-state index contributed by atoms with van der Waals surface area (Å²) in [7, 11) is 0. The molecule has 0 fully saturated rings. The normalized spacial score (nSPS) is 15.0. The second-order valence-corrected chi connectivity index (χ2v) is 7.65. The van der Waals surface area contributed by atoms with Gasteiger partial charge in [-0.15, -0.1) is 0 Å². The Labute approximate surface area is 175 Å². The fourth-order valence-electron chi connectivity index (χ4n) is 3.31. The molecular weight excluding hydrogens is 384 g/mol. The number of fused-ring (bicyclic) bond motifs is 1. The van der Waals surface area contributed by atoms with Gasteiger partial charge in [-0.1, -0.05) is 43.7 Å². The van der Waals surface area contributed by atoms with Crippen LogP contribution in [0.1, 0.15) is 47.1 Å². The quantitative estimate of drug-likeness (QED) is 0.585. The lowest BCUT2D eigenvalue weighted by atomic mass is 10.0. The Morgan fingerprint density at radius 2 is 1.43 bits per heavy atom. The van der Waals surface area contributed by atoms with E-state index in [0.29, 0.717) is 5.69 Å². The van der Waals surface area contributed by atoms with Crippen molar-refractivity contribution < 1.29 is 23.9 Å². The third-order valence-electron chi connectivity index (χ3n) is 4.96. The SMILES string of the molecule is Cc1ccc(NC(=O)[C@@H](C)OC(=O)[C@@H](C(C)C)N2C(=O)c3ccccc3C2=O)cc1. The molecule has 2 aromatic rings. The zero-order valence-electron chi connectivity index (χ0n) is 17.3. The second kappa shape index (κ2) is 8.49. The molecule has 3 amide bonds. The lowest BCUT2D eigenvalue weighted by molar-refractivity contribution is -0.158. The summed E-state index contributed by atoms with van der Waals surface area (Å²) in [6.07, 6.45) is -1.10. The zero-order chi connectivity index (χ0) is 22.0. The minimum Gasteiger partial charge on any atom is -0.451 e. The highest BCUT2D eigenvalue weighted by atomic mass is 16.5. The van der Waals surface area contributed by atoms with E-state index in [1.54, 1.807) is 50.2 Å². The molecule has 2 aromatic carbocycles. The fourth-order valence-corrected chi connectivity index (χ4v) is 3.31. The number of hydrogen-bond donors (Lipinski definition) is 1. The van der Waals surface area contributed by atoms with Crippen molar-refractivity contribution >= 4 is 29.4 Å². The van der Waals surface area contributed by atoms with Crippen LogP contribution < -0.4 is 5.32 Å². The van der Waals surface area contributed by atoms with Gasteiger partial charge in [0.25, 0.3) is 17.7 Å². The van der Waals surface area contributed by atoms with E-state index >= 15 is 0 Å². The van der Waals surface area contributed by atoms with E-state index in [0.717, 1.165) is 10.5 Å². The Balaban J connectivity index is 1.73. The van der Waals surface area contributed by atoms with Crippen molar-refractivity contribution in [3.8, 4) is 0 Å². The molecule has 7 heteroatoms. The van der Waals surface area contributed by atoms with Gasteiger partial charge in [0, 0.05) is 5.69 Å². The molecule has 0 aromatic heterocycles. The van der Waals surface area contributed by atoms with Crippen LogP contribution in [0.15, 0.2) is 48.5 Å². The Morgan fingerprint density at radius 1 is 0.900 bits per heavy atom. The van der Waals surface area contributed by atoms with E-state index in [4.69, 9.17) is 4.74 Å². The fraction of sp³-hybridized carbons (Fsp3) is 0.304. The number of imide groups is 1. The maximum Gasteiger partial charge on any atom is 0.330 e. The summed E-state index contributed by atoms with van der Waals surface area (Å²) >= 11 is 0. The third-order valence-corrected chi connectivity index (χ3v) is 4.96. The molecule has 0 bridgehead atoms. The van der Waals surface area contributed by atoms with Gasteiger partial charge >= 0.3 is 5.97 Å². The van der Waals surface area contributed by atoms with Crippen molar-refractivity contribution in [2.24, 2.45) is 5.92 Å². The number of carbonyl (C=O) groups is 4. The molecular formula is C23H24N2O5.